The largest absolute Gasteiger partial charge is 0.369 e. The van der Waals surface area contributed by atoms with Crippen LogP contribution in [0.15, 0.2) is 36.4 Å². The highest BCUT2D eigenvalue weighted by Crippen LogP contribution is 2.53. The van der Waals surface area contributed by atoms with Crippen molar-refractivity contribution in [1.82, 2.24) is 4.90 Å². The maximum atomic E-state index is 12.9. The summed E-state index contributed by atoms with van der Waals surface area (Å²) < 4.78 is 5.89. The van der Waals surface area contributed by atoms with E-state index in [1.54, 1.807) is 26.0 Å². The molecular weight excluding hydrogens is 394 g/mol. The van der Waals surface area contributed by atoms with Crippen LogP contribution in [0.25, 0.3) is 0 Å². The maximum Gasteiger partial charge on any atom is 0.263 e. The molecule has 3 N–H and O–H groups in total. The van der Waals surface area contributed by atoms with E-state index in [4.69, 9.17) is 10.5 Å². The fraction of sp³-hybridized carbons (Fsp3) is 0.417. The van der Waals surface area contributed by atoms with Gasteiger partial charge in [0.15, 0.2) is 12.5 Å². The number of hydrogen-bond acceptors (Lipinski definition) is 6. The average molecular weight is 421 g/mol. The lowest BCUT2D eigenvalue weighted by atomic mass is 9.87. The molecule has 0 saturated carbocycles. The zero-order valence-corrected chi connectivity index (χ0v) is 18.3. The first-order valence-corrected chi connectivity index (χ1v) is 10.5. The molecule has 7 nitrogen and oxygen atoms in total. The van der Waals surface area contributed by atoms with Gasteiger partial charge in [-0.1, -0.05) is 32.9 Å². The zero-order valence-electron chi connectivity index (χ0n) is 18.3. The second-order valence-corrected chi connectivity index (χ2v) is 10.2. The summed E-state index contributed by atoms with van der Waals surface area (Å²) in [6, 6.07) is 11.4. The lowest BCUT2D eigenvalue weighted by Gasteiger charge is -2.33. The van der Waals surface area contributed by atoms with Gasteiger partial charge in [-0.25, -0.2) is 0 Å². The van der Waals surface area contributed by atoms with Crippen LogP contribution in [0, 0.1) is 0 Å². The Balaban J connectivity index is 1.54. The van der Waals surface area contributed by atoms with Gasteiger partial charge in [0.2, 0.25) is 0 Å². The van der Waals surface area contributed by atoms with Crippen molar-refractivity contribution in [1.29, 1.82) is 0 Å². The highest BCUT2D eigenvalue weighted by molar-refractivity contribution is 6.22. The minimum absolute atomic E-state index is 0.0281. The third kappa shape index (κ3) is 2.91. The number of aliphatic hydroxyl groups excluding tert-OH is 1. The minimum Gasteiger partial charge on any atom is -0.369 e. The van der Waals surface area contributed by atoms with Crippen molar-refractivity contribution < 1.29 is 19.4 Å². The van der Waals surface area contributed by atoms with Crippen molar-refractivity contribution in [3.8, 4) is 0 Å². The van der Waals surface area contributed by atoms with Gasteiger partial charge in [0.05, 0.1) is 16.8 Å². The Bertz CT molecular complexity index is 1110. The number of aliphatic hydroxyl groups is 1. The first-order chi connectivity index (χ1) is 14.4. The van der Waals surface area contributed by atoms with E-state index in [9.17, 15) is 14.7 Å². The van der Waals surface area contributed by atoms with Gasteiger partial charge in [0.1, 0.15) is 6.10 Å². The second kappa shape index (κ2) is 6.16. The van der Waals surface area contributed by atoms with Gasteiger partial charge in [-0.15, -0.1) is 0 Å². The first-order valence-electron chi connectivity index (χ1n) is 10.5. The van der Waals surface area contributed by atoms with Crippen molar-refractivity contribution in [2.45, 2.75) is 64.3 Å². The molecule has 162 valence electrons. The number of ether oxygens (including phenoxy) is 1. The summed E-state index contributed by atoms with van der Waals surface area (Å²) >= 11 is 0. The second-order valence-electron chi connectivity index (χ2n) is 10.2. The quantitative estimate of drug-likeness (QED) is 0.571. The van der Waals surface area contributed by atoms with Gasteiger partial charge in [-0.3, -0.25) is 14.5 Å². The summed E-state index contributed by atoms with van der Waals surface area (Å²) in [5.41, 5.74) is 8.91. The molecule has 0 aliphatic carbocycles. The number of nitrogens with zero attached hydrogens (tertiary/aromatic N) is 2. The number of amides is 2. The van der Waals surface area contributed by atoms with Gasteiger partial charge in [-0.05, 0) is 54.7 Å². The number of hydrogen-bond donors (Lipinski definition) is 2. The number of rotatable bonds is 2. The summed E-state index contributed by atoms with van der Waals surface area (Å²) in [5.74, 6) is -0.857. The van der Waals surface area contributed by atoms with Gasteiger partial charge in [0.25, 0.3) is 11.8 Å². The van der Waals surface area contributed by atoms with Gasteiger partial charge >= 0.3 is 0 Å². The predicted molar refractivity (Wildman–Crippen MR) is 115 cm³/mol. The predicted octanol–water partition coefficient (Wildman–Crippen LogP) is 3.18. The van der Waals surface area contributed by atoms with Crippen molar-refractivity contribution in [3.05, 3.63) is 64.2 Å². The Hall–Kier alpha value is -2.74. The van der Waals surface area contributed by atoms with Gasteiger partial charge in [0, 0.05) is 11.3 Å². The van der Waals surface area contributed by atoms with Crippen LogP contribution in [0.5, 0.6) is 0 Å². The molecule has 31 heavy (non-hydrogen) atoms. The summed E-state index contributed by atoms with van der Waals surface area (Å²) in [6.45, 7) is 9.69. The minimum atomic E-state index is -1.12. The molecule has 3 aliphatic heterocycles. The molecule has 3 aliphatic rings. The number of benzene rings is 2. The van der Waals surface area contributed by atoms with Crippen LogP contribution in [-0.2, 0) is 10.2 Å². The van der Waals surface area contributed by atoms with E-state index in [0.29, 0.717) is 11.1 Å². The fourth-order valence-corrected chi connectivity index (χ4v) is 4.57. The number of nitrogens with two attached hydrogens (primary N) is 1. The molecule has 0 spiro atoms. The van der Waals surface area contributed by atoms with Crippen LogP contribution >= 0.6 is 0 Å². The number of carbonyl (C=O) groups excluding carboxylic acids is 2. The molecule has 0 bridgehead atoms. The van der Waals surface area contributed by atoms with E-state index < -0.39 is 23.7 Å². The standard InChI is InChI=1S/C24H27N3O4/c1-23(2,3)12-6-8-13(9-7-12)26-19(28)15-11-17-16(10-14(15)18-22(26)31-18)20(29)27(21(17)30)24(4,5)25/h6-11,18-19,22,28H,25H2,1-5H3. The Kier molecular flexibility index (Phi) is 4.01. The van der Waals surface area contributed by atoms with Crippen LogP contribution in [0.2, 0.25) is 0 Å². The normalized spacial score (nSPS) is 24.8. The lowest BCUT2D eigenvalue weighted by molar-refractivity contribution is 0.0491. The topological polar surface area (TPSA) is 99.4 Å². The molecular formula is C24H27N3O4. The molecule has 0 radical (unpaired) electrons. The van der Waals surface area contributed by atoms with Crippen molar-refractivity contribution in [2.75, 3.05) is 4.90 Å². The summed E-state index contributed by atoms with van der Waals surface area (Å²) in [6.07, 6.45) is -1.56. The Morgan fingerprint density at radius 3 is 2.00 bits per heavy atom. The van der Waals surface area contributed by atoms with E-state index in [2.05, 4.69) is 32.9 Å². The Morgan fingerprint density at radius 1 is 0.935 bits per heavy atom. The van der Waals surface area contributed by atoms with Crippen molar-refractivity contribution >= 4 is 17.5 Å². The highest BCUT2D eigenvalue weighted by atomic mass is 16.6. The number of imide groups is 1. The highest BCUT2D eigenvalue weighted by Gasteiger charge is 2.54. The molecule has 5 rings (SSSR count). The van der Waals surface area contributed by atoms with E-state index in [1.807, 2.05) is 17.0 Å². The molecule has 2 aromatic rings. The van der Waals surface area contributed by atoms with E-state index >= 15 is 0 Å². The first kappa shape index (κ1) is 20.2. The summed E-state index contributed by atoms with van der Waals surface area (Å²) in [5, 5.41) is 11.2. The molecule has 2 amide bonds. The summed E-state index contributed by atoms with van der Waals surface area (Å²) in [4.78, 5) is 28.7. The summed E-state index contributed by atoms with van der Waals surface area (Å²) in [7, 11) is 0. The van der Waals surface area contributed by atoms with Crippen LogP contribution in [-0.4, -0.2) is 33.7 Å². The molecule has 2 aromatic carbocycles. The fourth-order valence-electron chi connectivity index (χ4n) is 4.57. The Morgan fingerprint density at radius 2 is 1.48 bits per heavy atom. The lowest BCUT2D eigenvalue weighted by Crippen LogP contribution is -2.53. The van der Waals surface area contributed by atoms with Crippen LogP contribution < -0.4 is 10.6 Å². The van der Waals surface area contributed by atoms with Crippen LogP contribution in [0.4, 0.5) is 5.69 Å². The third-order valence-electron chi connectivity index (χ3n) is 6.29. The number of anilines is 1. The smallest absolute Gasteiger partial charge is 0.263 e. The molecule has 3 unspecified atom stereocenters. The number of epoxide rings is 1. The number of carbonyl (C=O) groups is 2. The monoisotopic (exact) mass is 421 g/mol. The van der Waals surface area contributed by atoms with Crippen LogP contribution in [0.3, 0.4) is 0 Å². The molecule has 3 atom stereocenters. The number of fused-ring (bicyclic) bond motifs is 4. The van der Waals surface area contributed by atoms with Crippen molar-refractivity contribution in [2.24, 2.45) is 5.73 Å². The molecule has 1 fully saturated rings. The third-order valence-corrected chi connectivity index (χ3v) is 6.29. The average Bonchev–Trinajstić information content (AvgIpc) is 3.41. The molecule has 7 heteroatoms. The molecule has 1 saturated heterocycles. The SMILES string of the molecule is CC(C)(C)c1ccc(N2C(O)c3cc4c(cc3C3OC32)C(=O)N(C(C)(C)N)C4=O)cc1. The maximum absolute atomic E-state index is 12.9. The van der Waals surface area contributed by atoms with Gasteiger partial charge < -0.3 is 20.5 Å². The Labute approximate surface area is 181 Å². The van der Waals surface area contributed by atoms with E-state index in [0.717, 1.165) is 16.2 Å². The van der Waals surface area contributed by atoms with Crippen molar-refractivity contribution in [3.63, 3.8) is 0 Å². The molecule has 3 heterocycles. The zero-order chi connectivity index (χ0) is 22.5. The van der Waals surface area contributed by atoms with Gasteiger partial charge in [-0.2, -0.15) is 0 Å². The van der Waals surface area contributed by atoms with Crippen LogP contribution in [0.1, 0.15) is 84.4 Å². The molecule has 0 aromatic heterocycles. The van der Waals surface area contributed by atoms with E-state index in [1.165, 1.54) is 5.56 Å². The van der Waals surface area contributed by atoms with E-state index in [-0.39, 0.29) is 23.3 Å².